The molecular weight excluding hydrogens is 216 g/mol. The highest BCUT2D eigenvalue weighted by Gasteiger charge is 2.00. The molecule has 0 bridgehead atoms. The smallest absolute Gasteiger partial charge is 0.331 e. The van der Waals surface area contributed by atoms with E-state index in [1.807, 2.05) is 45.0 Å². The van der Waals surface area contributed by atoms with Gasteiger partial charge in [-0.3, -0.25) is 0 Å². The quantitative estimate of drug-likeness (QED) is 0.580. The average Bonchev–Trinajstić information content (AvgIpc) is 2.26. The lowest BCUT2D eigenvalue weighted by Crippen LogP contribution is -2.08. The molecule has 1 aromatic carbocycles. The molecule has 0 amide bonds. The zero-order chi connectivity index (χ0) is 12.7. The highest BCUT2D eigenvalue weighted by atomic mass is 16.5. The number of hydrogen-bond acceptors (Lipinski definition) is 3. The minimum absolute atomic E-state index is 0.0955. The Kier molecular flexibility index (Phi) is 5.27. The molecule has 0 heterocycles. The average molecular weight is 234 g/mol. The van der Waals surface area contributed by atoms with Gasteiger partial charge in [0.1, 0.15) is 5.75 Å². The van der Waals surface area contributed by atoms with Gasteiger partial charge in [-0.05, 0) is 44.5 Å². The fourth-order valence-electron chi connectivity index (χ4n) is 1.31. The summed E-state index contributed by atoms with van der Waals surface area (Å²) in [7, 11) is 0. The lowest BCUT2D eigenvalue weighted by molar-refractivity contribution is -0.141. The first-order chi connectivity index (χ1) is 8.11. The number of esters is 1. The summed E-state index contributed by atoms with van der Waals surface area (Å²) in [6.07, 6.45) is 3.04. The zero-order valence-electron chi connectivity index (χ0n) is 10.5. The molecule has 0 saturated heterocycles. The van der Waals surface area contributed by atoms with Gasteiger partial charge in [-0.2, -0.15) is 0 Å². The molecule has 17 heavy (non-hydrogen) atoms. The third-order valence-electron chi connectivity index (χ3n) is 1.93. The van der Waals surface area contributed by atoms with Crippen molar-refractivity contribution in [3.05, 3.63) is 35.9 Å². The maximum Gasteiger partial charge on any atom is 0.331 e. The van der Waals surface area contributed by atoms with Gasteiger partial charge in [-0.1, -0.05) is 12.1 Å². The highest BCUT2D eigenvalue weighted by molar-refractivity contribution is 5.87. The van der Waals surface area contributed by atoms with Crippen LogP contribution >= 0.6 is 0 Å². The predicted molar refractivity (Wildman–Crippen MR) is 67.9 cm³/mol. The third-order valence-corrected chi connectivity index (χ3v) is 1.93. The minimum Gasteiger partial charge on any atom is -0.494 e. The van der Waals surface area contributed by atoms with Gasteiger partial charge in [-0.25, -0.2) is 4.79 Å². The molecule has 0 N–H and O–H groups in total. The molecule has 0 aliphatic carbocycles. The van der Waals surface area contributed by atoms with Gasteiger partial charge in [0.15, 0.2) is 0 Å². The van der Waals surface area contributed by atoms with Crippen LogP contribution in [0.25, 0.3) is 6.08 Å². The highest BCUT2D eigenvalue weighted by Crippen LogP contribution is 2.14. The Morgan fingerprint density at radius 2 is 2.18 bits per heavy atom. The van der Waals surface area contributed by atoms with E-state index in [9.17, 15) is 4.79 Å². The summed E-state index contributed by atoms with van der Waals surface area (Å²) in [4.78, 5) is 11.3. The zero-order valence-corrected chi connectivity index (χ0v) is 10.5. The molecule has 0 unspecified atom stereocenters. The van der Waals surface area contributed by atoms with Gasteiger partial charge in [0.2, 0.25) is 0 Å². The number of carbonyl (C=O) groups excluding carboxylic acids is 1. The van der Waals surface area contributed by atoms with Gasteiger partial charge in [-0.15, -0.1) is 0 Å². The number of benzene rings is 1. The number of rotatable bonds is 5. The lowest BCUT2D eigenvalue weighted by atomic mass is 10.2. The fraction of sp³-hybridized carbons (Fsp3) is 0.357. The monoisotopic (exact) mass is 234 g/mol. The van der Waals surface area contributed by atoms with E-state index in [1.165, 1.54) is 6.08 Å². The van der Waals surface area contributed by atoms with Gasteiger partial charge in [0.05, 0.1) is 12.7 Å². The van der Waals surface area contributed by atoms with Gasteiger partial charge in [0, 0.05) is 6.08 Å². The van der Waals surface area contributed by atoms with Crippen LogP contribution in [-0.2, 0) is 9.53 Å². The van der Waals surface area contributed by atoms with E-state index < -0.39 is 0 Å². The molecule has 0 aliphatic rings. The molecule has 0 spiro atoms. The van der Waals surface area contributed by atoms with E-state index in [-0.39, 0.29) is 12.1 Å². The molecule has 3 heteroatoms. The van der Waals surface area contributed by atoms with Crippen LogP contribution in [0.2, 0.25) is 0 Å². The van der Waals surface area contributed by atoms with E-state index >= 15 is 0 Å². The molecule has 0 radical (unpaired) electrons. The van der Waals surface area contributed by atoms with E-state index in [4.69, 9.17) is 9.47 Å². The summed E-state index contributed by atoms with van der Waals surface area (Å²) >= 11 is 0. The molecule has 1 aromatic rings. The Morgan fingerprint density at radius 3 is 2.82 bits per heavy atom. The van der Waals surface area contributed by atoms with Gasteiger partial charge >= 0.3 is 5.97 Å². The first-order valence-corrected chi connectivity index (χ1v) is 5.73. The molecule has 92 valence electrons. The van der Waals surface area contributed by atoms with Crippen LogP contribution in [0, 0.1) is 0 Å². The Labute approximate surface area is 102 Å². The minimum atomic E-state index is -0.332. The fourth-order valence-corrected chi connectivity index (χ4v) is 1.31. The van der Waals surface area contributed by atoms with E-state index in [1.54, 1.807) is 6.08 Å². The van der Waals surface area contributed by atoms with Crippen molar-refractivity contribution < 1.29 is 14.3 Å². The SMILES string of the molecule is CCOc1cccc(C=CC(=O)OC(C)C)c1. The second kappa shape index (κ2) is 6.74. The maximum absolute atomic E-state index is 11.3. The Morgan fingerprint density at radius 1 is 1.41 bits per heavy atom. The van der Waals surface area contributed by atoms with Crippen LogP contribution < -0.4 is 4.74 Å². The van der Waals surface area contributed by atoms with Crippen LogP contribution in [0.4, 0.5) is 0 Å². The standard InChI is InChI=1S/C14H18O3/c1-4-16-13-7-5-6-12(10-13)8-9-14(15)17-11(2)3/h5-11H,4H2,1-3H3. The number of ether oxygens (including phenoxy) is 2. The molecule has 0 fully saturated rings. The first kappa shape index (κ1) is 13.3. The van der Waals surface area contributed by atoms with E-state index in [2.05, 4.69) is 0 Å². The summed E-state index contributed by atoms with van der Waals surface area (Å²) in [5.41, 5.74) is 0.914. The van der Waals surface area contributed by atoms with Crippen LogP contribution in [0.3, 0.4) is 0 Å². The Bertz CT molecular complexity index is 394. The summed E-state index contributed by atoms with van der Waals surface area (Å²) in [5.74, 6) is 0.466. The van der Waals surface area contributed by atoms with Crippen LogP contribution in [0.15, 0.2) is 30.3 Å². The van der Waals surface area contributed by atoms with Gasteiger partial charge in [0.25, 0.3) is 0 Å². The molecule has 1 rings (SSSR count). The first-order valence-electron chi connectivity index (χ1n) is 5.73. The maximum atomic E-state index is 11.3. The predicted octanol–water partition coefficient (Wildman–Crippen LogP) is 3.05. The van der Waals surface area contributed by atoms with Crippen LogP contribution in [-0.4, -0.2) is 18.7 Å². The van der Waals surface area contributed by atoms with Crippen molar-refractivity contribution in [2.24, 2.45) is 0 Å². The normalized spacial score (nSPS) is 10.8. The molecular formula is C14H18O3. The summed E-state index contributed by atoms with van der Waals surface area (Å²) in [6, 6.07) is 7.55. The molecule has 0 atom stereocenters. The third kappa shape index (κ3) is 5.20. The molecule has 0 saturated carbocycles. The van der Waals surface area contributed by atoms with Crippen molar-refractivity contribution in [2.75, 3.05) is 6.61 Å². The lowest BCUT2D eigenvalue weighted by Gasteiger charge is -2.04. The molecule has 3 nitrogen and oxygen atoms in total. The van der Waals surface area contributed by atoms with Crippen molar-refractivity contribution in [1.82, 2.24) is 0 Å². The van der Waals surface area contributed by atoms with Crippen molar-refractivity contribution in [1.29, 1.82) is 0 Å². The van der Waals surface area contributed by atoms with Gasteiger partial charge < -0.3 is 9.47 Å². The number of carbonyl (C=O) groups is 1. The topological polar surface area (TPSA) is 35.5 Å². The second-order valence-corrected chi connectivity index (χ2v) is 3.82. The Hall–Kier alpha value is -1.77. The summed E-state index contributed by atoms with van der Waals surface area (Å²) < 4.78 is 10.4. The van der Waals surface area contributed by atoms with Crippen LogP contribution in [0.5, 0.6) is 5.75 Å². The van der Waals surface area contributed by atoms with Crippen molar-refractivity contribution in [2.45, 2.75) is 26.9 Å². The molecule has 0 aromatic heterocycles. The summed E-state index contributed by atoms with van der Waals surface area (Å²) in [5, 5.41) is 0. The van der Waals surface area contributed by atoms with Crippen LogP contribution in [0.1, 0.15) is 26.3 Å². The Balaban J connectivity index is 2.64. The second-order valence-electron chi connectivity index (χ2n) is 3.82. The van der Waals surface area contributed by atoms with E-state index in [0.717, 1.165) is 11.3 Å². The largest absolute Gasteiger partial charge is 0.494 e. The summed E-state index contributed by atoms with van der Waals surface area (Å²) in [6.45, 7) is 6.20. The van der Waals surface area contributed by atoms with Crippen molar-refractivity contribution in [3.8, 4) is 5.75 Å². The van der Waals surface area contributed by atoms with Crippen molar-refractivity contribution >= 4 is 12.0 Å². The van der Waals surface area contributed by atoms with Crippen molar-refractivity contribution in [3.63, 3.8) is 0 Å². The molecule has 0 aliphatic heterocycles. The van der Waals surface area contributed by atoms with E-state index in [0.29, 0.717) is 6.61 Å². The number of hydrogen-bond donors (Lipinski definition) is 0.